The van der Waals surface area contributed by atoms with Crippen LogP contribution in [0.15, 0.2) is 12.2 Å². The quantitative estimate of drug-likeness (QED) is 0.484. The summed E-state index contributed by atoms with van der Waals surface area (Å²) in [4.78, 5) is 11.2. The molecule has 0 aromatic heterocycles. The molecular formula is C11H18O2. The predicted octanol–water partition coefficient (Wildman–Crippen LogP) is 2.40. The normalized spacial score (nSPS) is 33.0. The summed E-state index contributed by atoms with van der Waals surface area (Å²) in [5.41, 5.74) is 0.652. The molecule has 1 aliphatic carbocycles. The third-order valence-electron chi connectivity index (χ3n) is 3.01. The van der Waals surface area contributed by atoms with E-state index < -0.39 is 0 Å². The second kappa shape index (κ2) is 3.95. The summed E-state index contributed by atoms with van der Waals surface area (Å²) < 4.78 is 4.67. The molecule has 0 bridgehead atoms. The molecule has 0 aliphatic heterocycles. The van der Waals surface area contributed by atoms with Crippen molar-refractivity contribution in [2.75, 3.05) is 7.11 Å². The van der Waals surface area contributed by atoms with E-state index in [1.807, 2.05) is 0 Å². The van der Waals surface area contributed by atoms with Gasteiger partial charge in [0.25, 0.3) is 0 Å². The summed E-state index contributed by atoms with van der Waals surface area (Å²) in [6, 6.07) is 0. The van der Waals surface area contributed by atoms with Gasteiger partial charge in [0, 0.05) is 5.57 Å². The van der Waals surface area contributed by atoms with Crippen molar-refractivity contribution in [3.63, 3.8) is 0 Å². The number of carbonyl (C=O) groups excluding carboxylic acids is 1. The Morgan fingerprint density at radius 1 is 1.38 bits per heavy atom. The maximum atomic E-state index is 11.2. The van der Waals surface area contributed by atoms with Crippen LogP contribution in [0.2, 0.25) is 0 Å². The fourth-order valence-electron chi connectivity index (χ4n) is 2.33. The van der Waals surface area contributed by atoms with Gasteiger partial charge in [-0.15, -0.1) is 0 Å². The van der Waals surface area contributed by atoms with Gasteiger partial charge in [-0.05, 0) is 30.6 Å². The Kier molecular flexibility index (Phi) is 3.12. The second-order valence-corrected chi connectivity index (χ2v) is 4.18. The highest BCUT2D eigenvalue weighted by molar-refractivity contribution is 5.88. The van der Waals surface area contributed by atoms with Gasteiger partial charge in [0.2, 0.25) is 0 Å². The molecule has 0 aromatic carbocycles. The fraction of sp³-hybridized carbons (Fsp3) is 0.727. The summed E-state index contributed by atoms with van der Waals surface area (Å²) in [5, 5.41) is 0. The van der Waals surface area contributed by atoms with Crippen LogP contribution in [0.4, 0.5) is 0 Å². The van der Waals surface area contributed by atoms with Crippen LogP contribution in [-0.4, -0.2) is 13.1 Å². The van der Waals surface area contributed by atoms with Crippen molar-refractivity contribution < 1.29 is 9.53 Å². The number of hydrogen-bond acceptors (Lipinski definition) is 2. The third kappa shape index (κ3) is 2.11. The van der Waals surface area contributed by atoms with E-state index in [2.05, 4.69) is 25.2 Å². The van der Waals surface area contributed by atoms with Gasteiger partial charge >= 0.3 is 5.97 Å². The Hall–Kier alpha value is -0.790. The highest BCUT2D eigenvalue weighted by atomic mass is 16.5. The van der Waals surface area contributed by atoms with Crippen molar-refractivity contribution in [3.8, 4) is 0 Å². The molecule has 3 atom stereocenters. The van der Waals surface area contributed by atoms with E-state index in [0.29, 0.717) is 23.3 Å². The minimum atomic E-state index is -0.244. The van der Waals surface area contributed by atoms with Crippen LogP contribution in [0.5, 0.6) is 0 Å². The first-order valence-electron chi connectivity index (χ1n) is 4.83. The van der Waals surface area contributed by atoms with E-state index >= 15 is 0 Å². The van der Waals surface area contributed by atoms with Gasteiger partial charge in [0.1, 0.15) is 0 Å². The molecule has 1 saturated carbocycles. The lowest BCUT2D eigenvalue weighted by molar-refractivity contribution is -0.136. The molecule has 0 aromatic rings. The average molecular weight is 182 g/mol. The Morgan fingerprint density at radius 2 is 2.00 bits per heavy atom. The van der Waals surface area contributed by atoms with Crippen LogP contribution < -0.4 is 0 Å². The fourth-order valence-corrected chi connectivity index (χ4v) is 2.33. The first-order valence-corrected chi connectivity index (χ1v) is 4.83. The number of rotatable bonds is 2. The Balaban J connectivity index is 2.62. The second-order valence-electron chi connectivity index (χ2n) is 4.18. The van der Waals surface area contributed by atoms with E-state index in [9.17, 15) is 4.79 Å². The zero-order chi connectivity index (χ0) is 10.0. The van der Waals surface area contributed by atoms with E-state index in [4.69, 9.17) is 0 Å². The Labute approximate surface area is 80.0 Å². The summed E-state index contributed by atoms with van der Waals surface area (Å²) in [6.07, 6.45) is 2.27. The molecule has 2 heteroatoms. The van der Waals surface area contributed by atoms with E-state index in [-0.39, 0.29) is 5.97 Å². The van der Waals surface area contributed by atoms with E-state index in [1.54, 1.807) is 0 Å². The average Bonchev–Trinajstić information content (AvgIpc) is 2.42. The number of carbonyl (C=O) groups is 1. The zero-order valence-corrected chi connectivity index (χ0v) is 8.67. The largest absolute Gasteiger partial charge is 0.466 e. The topological polar surface area (TPSA) is 26.3 Å². The Bertz CT molecular complexity index is 220. The van der Waals surface area contributed by atoms with Gasteiger partial charge in [0.05, 0.1) is 7.11 Å². The molecule has 74 valence electrons. The van der Waals surface area contributed by atoms with E-state index in [0.717, 1.165) is 6.42 Å². The van der Waals surface area contributed by atoms with Crippen molar-refractivity contribution in [2.45, 2.75) is 26.7 Å². The third-order valence-corrected chi connectivity index (χ3v) is 3.01. The monoisotopic (exact) mass is 182 g/mol. The minimum Gasteiger partial charge on any atom is -0.466 e. The molecule has 2 nitrogen and oxygen atoms in total. The first-order chi connectivity index (χ1) is 6.06. The SMILES string of the molecule is C=C(C(=O)OC)C1CC(C)CC1C. The summed E-state index contributed by atoms with van der Waals surface area (Å²) >= 11 is 0. The highest BCUT2D eigenvalue weighted by Crippen LogP contribution is 2.39. The van der Waals surface area contributed by atoms with Crippen LogP contribution in [0.25, 0.3) is 0 Å². The van der Waals surface area contributed by atoms with Crippen LogP contribution >= 0.6 is 0 Å². The molecule has 0 spiro atoms. The van der Waals surface area contributed by atoms with Crippen molar-refractivity contribution >= 4 is 5.97 Å². The number of methoxy groups -OCH3 is 1. The van der Waals surface area contributed by atoms with Gasteiger partial charge < -0.3 is 4.74 Å². The van der Waals surface area contributed by atoms with E-state index in [1.165, 1.54) is 13.5 Å². The highest BCUT2D eigenvalue weighted by Gasteiger charge is 2.33. The predicted molar refractivity (Wildman–Crippen MR) is 52.2 cm³/mol. The molecule has 3 unspecified atom stereocenters. The van der Waals surface area contributed by atoms with Gasteiger partial charge in [-0.25, -0.2) is 4.79 Å². The Morgan fingerprint density at radius 3 is 2.38 bits per heavy atom. The molecule has 1 fully saturated rings. The molecular weight excluding hydrogens is 164 g/mol. The molecule has 0 saturated heterocycles. The van der Waals surface area contributed by atoms with Crippen molar-refractivity contribution in [1.29, 1.82) is 0 Å². The minimum absolute atomic E-state index is 0.244. The van der Waals surface area contributed by atoms with Crippen LogP contribution in [-0.2, 0) is 9.53 Å². The lowest BCUT2D eigenvalue weighted by Gasteiger charge is -2.15. The molecule has 0 heterocycles. The standard InChI is InChI=1S/C11H18O2/c1-7-5-8(2)10(6-7)9(3)11(12)13-4/h7-8,10H,3,5-6H2,1-2,4H3. The summed E-state index contributed by atoms with van der Waals surface area (Å²) in [5.74, 6) is 1.37. The smallest absolute Gasteiger partial charge is 0.333 e. The lowest BCUT2D eigenvalue weighted by Crippen LogP contribution is -2.15. The van der Waals surface area contributed by atoms with Crippen LogP contribution in [0.1, 0.15) is 26.7 Å². The van der Waals surface area contributed by atoms with Gasteiger partial charge in [0.15, 0.2) is 0 Å². The van der Waals surface area contributed by atoms with Gasteiger partial charge in [-0.2, -0.15) is 0 Å². The van der Waals surface area contributed by atoms with Crippen molar-refractivity contribution in [1.82, 2.24) is 0 Å². The van der Waals surface area contributed by atoms with Gasteiger partial charge in [-0.1, -0.05) is 20.4 Å². The molecule has 1 aliphatic rings. The summed E-state index contributed by atoms with van der Waals surface area (Å²) in [7, 11) is 1.41. The van der Waals surface area contributed by atoms with Crippen molar-refractivity contribution in [3.05, 3.63) is 12.2 Å². The van der Waals surface area contributed by atoms with Gasteiger partial charge in [-0.3, -0.25) is 0 Å². The van der Waals surface area contributed by atoms with Crippen molar-refractivity contribution in [2.24, 2.45) is 17.8 Å². The zero-order valence-electron chi connectivity index (χ0n) is 8.67. The lowest BCUT2D eigenvalue weighted by atomic mass is 9.91. The van der Waals surface area contributed by atoms with Crippen LogP contribution in [0, 0.1) is 17.8 Å². The maximum Gasteiger partial charge on any atom is 0.333 e. The first kappa shape index (κ1) is 10.3. The summed E-state index contributed by atoms with van der Waals surface area (Å²) in [6.45, 7) is 8.22. The number of esters is 1. The number of hydrogen-bond donors (Lipinski definition) is 0. The molecule has 13 heavy (non-hydrogen) atoms. The number of ether oxygens (including phenoxy) is 1. The molecule has 0 N–H and O–H groups in total. The molecule has 0 radical (unpaired) electrons. The maximum absolute atomic E-state index is 11.2. The molecule has 0 amide bonds. The molecule has 1 rings (SSSR count). The van der Waals surface area contributed by atoms with Crippen LogP contribution in [0.3, 0.4) is 0 Å².